The number of anilines is 9. The lowest BCUT2D eigenvalue weighted by Gasteiger charge is -2.25. The van der Waals surface area contributed by atoms with Crippen LogP contribution in [0.2, 0.25) is 86.2 Å². The first-order chi connectivity index (χ1) is 59.1. The maximum atomic E-state index is 5.88. The van der Waals surface area contributed by atoms with Crippen molar-refractivity contribution >= 4 is 199 Å². The van der Waals surface area contributed by atoms with Crippen LogP contribution in [-0.4, -0.2) is 71.3 Å². The standard InChI is InChI=1S/2C29H30BN2OSi.C26H21BBrN2O.C16H22BN2OSi.Br2/c2*1-30-33-32(27-19-21-28(22-20-27)34(2,3)4)26-17-15-25(16-18-26)31-29(23-11-7-5-8-12-23)24-13-9-6-10-14-24;1-27-31-30(24-16-12-22(28)13-17-24)25-18-14-23(15-19-25)29-26(20-8-4-2-5-9-20)21-10-6-3-7-11-21;1-17-20-19(14-7-5-13(18)6-8-14)15-9-11-16(12-10-15)21(2,3)4;1-2/h2*5-22H,1-4H3;2-19H,1H3;5-12H,18H2,1-4H3;. The second kappa shape index (κ2) is 47.1. The normalized spacial score (nSPS) is 10.8. The van der Waals surface area contributed by atoms with Gasteiger partial charge in [-0.1, -0.05) is 336 Å². The SMILES string of the molecule is BrBr.C[B]ON(c1ccc(Br)cc1)c1ccc(N=C(c2ccccc2)c2ccccc2)cc1.C[B]ON(c1ccc(N)cc1)c1ccc([Si](C)(C)C)cc1.C[B]ON(c1ccc(N=C(c2ccccc2)c2ccccc2)cc1)c1ccc([Si](C)(C)C)cc1.C[B]ON(c1ccc(N=C(c2ccccc2)c2ccccc2)cc1)c1ccc([Si](C)(C)C)cc1. The van der Waals surface area contributed by atoms with E-state index in [4.69, 9.17) is 39.7 Å². The van der Waals surface area contributed by atoms with Crippen LogP contribution in [0.15, 0.2) is 396 Å². The second-order valence-corrected chi connectivity index (χ2v) is 47.3. The van der Waals surface area contributed by atoms with Crippen LogP contribution in [-0.2, 0) is 19.0 Å². The summed E-state index contributed by atoms with van der Waals surface area (Å²) in [6, 6.07) is 128. The quantitative estimate of drug-likeness (QED) is 0.0222. The molecule has 0 spiro atoms. The van der Waals surface area contributed by atoms with E-state index in [-0.39, 0.29) is 0 Å². The van der Waals surface area contributed by atoms with E-state index in [9.17, 15) is 0 Å². The Labute approximate surface area is 753 Å². The fraction of sp³-hybridized carbons (Fsp3) is 0.130. The molecule has 0 heterocycles. The van der Waals surface area contributed by atoms with Crippen LogP contribution >= 0.6 is 44.2 Å². The van der Waals surface area contributed by atoms with E-state index in [1.807, 2.05) is 268 Å². The van der Waals surface area contributed by atoms with Gasteiger partial charge in [-0.3, -0.25) is 0 Å². The van der Waals surface area contributed by atoms with Gasteiger partial charge in [-0.25, -0.2) is 35.2 Å². The Kier molecular flexibility index (Phi) is 36.1. The van der Waals surface area contributed by atoms with Gasteiger partial charge in [0.05, 0.1) is 104 Å². The zero-order chi connectivity index (χ0) is 86.9. The highest BCUT2D eigenvalue weighted by atomic mass is 80.9. The summed E-state index contributed by atoms with van der Waals surface area (Å²) >= 11 is 8.98. The monoisotopic (exact) mass is 1840 g/mol. The molecule has 0 aliphatic carbocycles. The molecule has 0 aliphatic heterocycles. The molecule has 22 heteroatoms. The first-order valence-electron chi connectivity index (χ1n) is 40.5. The molecule has 0 saturated carbocycles. The van der Waals surface area contributed by atoms with Crippen LogP contribution in [0.1, 0.15) is 33.4 Å². The highest BCUT2D eigenvalue weighted by molar-refractivity contribution is 9.93. The molecule has 0 atom stereocenters. The molecule has 14 aromatic rings. The molecule has 0 unspecified atom stereocenters. The predicted octanol–water partition coefficient (Wildman–Crippen LogP) is 26.9. The fourth-order valence-corrected chi connectivity index (χ4v) is 16.6. The Bertz CT molecular complexity index is 5210. The number of hydrogen-bond acceptors (Lipinski definition) is 12. The molecule has 0 saturated heterocycles. The van der Waals surface area contributed by atoms with Crippen molar-refractivity contribution in [2.24, 2.45) is 15.0 Å². The third-order valence-corrected chi connectivity index (χ3v) is 25.9. The average molecular weight is 1850 g/mol. The van der Waals surface area contributed by atoms with Crippen LogP contribution in [0, 0.1) is 0 Å². The molecular formula is C100H103B4Br3N8O4Si3. The lowest BCUT2D eigenvalue weighted by molar-refractivity contribution is 0.346. The highest BCUT2D eigenvalue weighted by Gasteiger charge is 2.22. The Hall–Kier alpha value is -10.7. The van der Waals surface area contributed by atoms with E-state index in [0.29, 0.717) is 0 Å². The van der Waals surface area contributed by atoms with Crippen molar-refractivity contribution in [1.29, 1.82) is 0 Å². The number of rotatable bonds is 28. The number of halogens is 3. The van der Waals surface area contributed by atoms with Gasteiger partial charge in [0.1, 0.15) is 0 Å². The predicted molar refractivity (Wildman–Crippen MR) is 544 cm³/mol. The van der Waals surface area contributed by atoms with Gasteiger partial charge in [-0.15, -0.1) is 0 Å². The van der Waals surface area contributed by atoms with Crippen LogP contribution in [0.25, 0.3) is 0 Å². The molecule has 2 N–H and O–H groups in total. The van der Waals surface area contributed by atoms with Gasteiger partial charge in [0.15, 0.2) is 0 Å². The van der Waals surface area contributed by atoms with Gasteiger partial charge in [0.25, 0.3) is 0 Å². The van der Waals surface area contributed by atoms with Gasteiger partial charge < -0.3 is 24.8 Å². The Morgan fingerprint density at radius 1 is 0.246 bits per heavy atom. The topological polar surface area (TPSA) is 113 Å². The van der Waals surface area contributed by atoms with Gasteiger partial charge in [-0.2, -0.15) is 0 Å². The summed E-state index contributed by atoms with van der Waals surface area (Å²) in [5.74, 6) is 0. The van der Waals surface area contributed by atoms with E-state index in [1.165, 1.54) is 15.6 Å². The average Bonchev–Trinajstić information content (AvgIpc) is 0.824. The summed E-state index contributed by atoms with van der Waals surface area (Å²) < 4.78 is 24.2. The third-order valence-electron chi connectivity index (χ3n) is 19.2. The fourth-order valence-electron chi connectivity index (χ4n) is 12.8. The lowest BCUT2D eigenvalue weighted by Crippen LogP contribution is -2.37. The summed E-state index contributed by atoms with van der Waals surface area (Å²) in [6.45, 7) is 28.6. The van der Waals surface area contributed by atoms with Crippen LogP contribution < -0.4 is 41.5 Å². The number of nitrogen functional groups attached to an aromatic ring is 1. The molecule has 14 rings (SSSR count). The Morgan fingerprint density at radius 3 is 0.582 bits per heavy atom. The molecule has 12 nitrogen and oxygen atoms in total. The van der Waals surface area contributed by atoms with E-state index < -0.39 is 24.2 Å². The molecule has 0 bridgehead atoms. The zero-order valence-electron chi connectivity index (χ0n) is 71.6. The van der Waals surface area contributed by atoms with Crippen molar-refractivity contribution in [3.8, 4) is 0 Å². The van der Waals surface area contributed by atoms with E-state index in [2.05, 4.69) is 249 Å². The number of nitrogens with two attached hydrogens (primary N) is 1. The lowest BCUT2D eigenvalue weighted by atomic mass is 10.0. The van der Waals surface area contributed by atoms with Crippen molar-refractivity contribution in [1.82, 2.24) is 0 Å². The molecule has 0 aliphatic rings. The van der Waals surface area contributed by atoms with Gasteiger partial charge in [0.2, 0.25) is 0 Å². The minimum absolute atomic E-state index is 0.744. The van der Waals surface area contributed by atoms with Crippen LogP contribution in [0.5, 0.6) is 0 Å². The molecule has 0 amide bonds. The molecule has 612 valence electrons. The highest BCUT2D eigenvalue weighted by Crippen LogP contribution is 2.34. The molecule has 14 aromatic carbocycles. The summed E-state index contributed by atoms with van der Waals surface area (Å²) in [5.41, 5.74) is 26.2. The number of nitrogens with zero attached hydrogens (tertiary/aromatic N) is 7. The summed E-state index contributed by atoms with van der Waals surface area (Å²) in [7, 11) is 2.74. The first kappa shape index (κ1) is 93.5. The van der Waals surface area contributed by atoms with Gasteiger partial charge in [0, 0.05) is 71.8 Å². The number of benzene rings is 14. The Morgan fingerprint density at radius 2 is 0.410 bits per heavy atom. The van der Waals surface area contributed by atoms with Gasteiger partial charge >= 0.3 is 29.9 Å². The molecule has 0 fully saturated rings. The van der Waals surface area contributed by atoms with Crippen molar-refractivity contribution in [3.05, 3.63) is 414 Å². The van der Waals surface area contributed by atoms with Crippen LogP contribution in [0.4, 0.5) is 68.2 Å². The summed E-state index contributed by atoms with van der Waals surface area (Å²) in [5, 5.41) is 11.6. The smallest absolute Gasteiger partial charge is 0.331 e. The van der Waals surface area contributed by atoms with E-state index in [1.54, 1.807) is 40.1 Å². The minimum Gasteiger partial charge on any atom is -0.399 e. The molecular weight excluding hydrogens is 1740 g/mol. The van der Waals surface area contributed by atoms with Crippen molar-refractivity contribution in [2.45, 2.75) is 86.2 Å². The first-order valence-corrected chi connectivity index (χ1v) is 55.5. The van der Waals surface area contributed by atoms with Crippen LogP contribution in [0.3, 0.4) is 0 Å². The van der Waals surface area contributed by atoms with Gasteiger partial charge in [-0.05, 0) is 158 Å². The third kappa shape index (κ3) is 27.6. The van der Waals surface area contributed by atoms with E-state index >= 15 is 0 Å². The van der Waals surface area contributed by atoms with E-state index in [0.717, 1.165) is 123 Å². The number of aliphatic imine (C=N–C) groups is 3. The molecule has 0 aromatic heterocycles. The van der Waals surface area contributed by atoms with Crippen molar-refractivity contribution < 1.29 is 19.0 Å². The maximum absolute atomic E-state index is 5.88. The number of hydrogen-bond donors (Lipinski definition) is 1. The minimum atomic E-state index is -1.35. The Balaban J connectivity index is 0.000000172. The van der Waals surface area contributed by atoms with Crippen molar-refractivity contribution in [2.75, 3.05) is 26.0 Å². The van der Waals surface area contributed by atoms with Crippen molar-refractivity contribution in [3.63, 3.8) is 0 Å². The summed E-state index contributed by atoms with van der Waals surface area (Å²) in [6.07, 6.45) is 0. The maximum Gasteiger partial charge on any atom is 0.331 e. The molecule has 4 radical (unpaired) electrons. The largest absolute Gasteiger partial charge is 0.399 e. The second-order valence-electron chi connectivity index (χ2n) is 31.1. The summed E-state index contributed by atoms with van der Waals surface area (Å²) in [4.78, 5) is 15.0. The zero-order valence-corrected chi connectivity index (χ0v) is 79.3. The molecule has 122 heavy (non-hydrogen) atoms.